The second-order valence-electron chi connectivity index (χ2n) is 3.68. The Morgan fingerprint density at radius 2 is 2.00 bits per heavy atom. The number of halogens is 1. The van der Waals surface area contributed by atoms with Gasteiger partial charge in [0.05, 0.1) is 4.47 Å². The average molecular weight is 241 g/mol. The smallest absolute Gasteiger partial charge is 0.130 e. The summed E-state index contributed by atoms with van der Waals surface area (Å²) in [7, 11) is 0. The van der Waals surface area contributed by atoms with Crippen LogP contribution in [0.1, 0.15) is 29.5 Å². The maximum atomic E-state index is 9.61. The number of phenols is 1. The molecule has 0 aliphatic heterocycles. The minimum absolute atomic E-state index is 0.387. The summed E-state index contributed by atoms with van der Waals surface area (Å²) in [4.78, 5) is 0. The van der Waals surface area contributed by atoms with E-state index in [1.807, 2.05) is 6.07 Å². The van der Waals surface area contributed by atoms with Crippen molar-refractivity contribution in [3.8, 4) is 5.75 Å². The molecule has 0 saturated carbocycles. The van der Waals surface area contributed by atoms with Crippen LogP contribution in [0.5, 0.6) is 5.75 Å². The summed E-state index contributed by atoms with van der Waals surface area (Å²) in [5.41, 5.74) is 4.00. The fourth-order valence-electron chi connectivity index (χ4n) is 2.07. The van der Waals surface area contributed by atoms with E-state index in [0.717, 1.165) is 10.9 Å². The Hall–Kier alpha value is -0.500. The third kappa shape index (κ3) is 1.48. The van der Waals surface area contributed by atoms with Crippen molar-refractivity contribution in [2.24, 2.45) is 0 Å². The molecule has 0 atom stereocenters. The number of benzene rings is 1. The number of hydrogen-bond donors (Lipinski definition) is 1. The Morgan fingerprint density at radius 1 is 1.31 bits per heavy atom. The maximum Gasteiger partial charge on any atom is 0.130 e. The summed E-state index contributed by atoms with van der Waals surface area (Å²) >= 11 is 3.41. The Kier molecular flexibility index (Phi) is 2.33. The summed E-state index contributed by atoms with van der Waals surface area (Å²) in [5.74, 6) is 0.387. The Balaban J connectivity index is 2.60. The predicted molar refractivity (Wildman–Crippen MR) is 57.2 cm³/mol. The van der Waals surface area contributed by atoms with Crippen molar-refractivity contribution in [1.82, 2.24) is 0 Å². The van der Waals surface area contributed by atoms with Gasteiger partial charge in [0.1, 0.15) is 5.75 Å². The highest BCUT2D eigenvalue weighted by atomic mass is 79.9. The van der Waals surface area contributed by atoms with Gasteiger partial charge >= 0.3 is 0 Å². The molecule has 0 radical (unpaired) electrons. The van der Waals surface area contributed by atoms with Crippen molar-refractivity contribution in [3.63, 3.8) is 0 Å². The summed E-state index contributed by atoms with van der Waals surface area (Å²) < 4.78 is 0.869. The lowest BCUT2D eigenvalue weighted by molar-refractivity contribution is 0.469. The van der Waals surface area contributed by atoms with Crippen LogP contribution in [0.25, 0.3) is 0 Å². The van der Waals surface area contributed by atoms with Gasteiger partial charge in [-0.05, 0) is 71.3 Å². The molecule has 0 amide bonds. The van der Waals surface area contributed by atoms with Crippen molar-refractivity contribution < 1.29 is 5.11 Å². The molecular formula is C11H13BrO. The van der Waals surface area contributed by atoms with Crippen LogP contribution in [-0.4, -0.2) is 5.11 Å². The third-order valence-electron chi connectivity index (χ3n) is 2.83. The van der Waals surface area contributed by atoms with Crippen molar-refractivity contribution in [2.75, 3.05) is 0 Å². The van der Waals surface area contributed by atoms with Gasteiger partial charge in [-0.2, -0.15) is 0 Å². The quantitative estimate of drug-likeness (QED) is 0.738. The summed E-state index contributed by atoms with van der Waals surface area (Å²) in [6.07, 6.45) is 4.83. The number of hydrogen-bond acceptors (Lipinski definition) is 1. The molecule has 0 unspecified atom stereocenters. The molecular weight excluding hydrogens is 228 g/mol. The van der Waals surface area contributed by atoms with E-state index in [0.29, 0.717) is 5.75 Å². The minimum atomic E-state index is 0.387. The second-order valence-corrected chi connectivity index (χ2v) is 4.47. The normalized spacial score (nSPS) is 15.5. The molecule has 1 aromatic rings. The molecule has 0 spiro atoms. The van der Waals surface area contributed by atoms with E-state index in [1.165, 1.54) is 36.0 Å². The highest BCUT2D eigenvalue weighted by molar-refractivity contribution is 9.10. The molecule has 0 bridgehead atoms. The van der Waals surface area contributed by atoms with Crippen LogP contribution in [0.2, 0.25) is 0 Å². The van der Waals surface area contributed by atoms with Gasteiger partial charge in [-0.25, -0.2) is 0 Å². The summed E-state index contributed by atoms with van der Waals surface area (Å²) in [6, 6.07) is 1.91. The van der Waals surface area contributed by atoms with Crippen LogP contribution >= 0.6 is 15.9 Å². The van der Waals surface area contributed by atoms with Gasteiger partial charge in [-0.3, -0.25) is 0 Å². The maximum absolute atomic E-state index is 9.61. The van der Waals surface area contributed by atoms with Crippen LogP contribution < -0.4 is 0 Å². The molecule has 0 fully saturated rings. The van der Waals surface area contributed by atoms with E-state index < -0.39 is 0 Å². The predicted octanol–water partition coefficient (Wildman–Crippen LogP) is 3.34. The van der Waals surface area contributed by atoms with Crippen LogP contribution in [0, 0.1) is 6.92 Å². The monoisotopic (exact) mass is 240 g/mol. The van der Waals surface area contributed by atoms with Crippen molar-refractivity contribution in [1.29, 1.82) is 0 Å². The first-order valence-corrected chi connectivity index (χ1v) is 5.49. The summed E-state index contributed by atoms with van der Waals surface area (Å²) in [6.45, 7) is 2.08. The number of rotatable bonds is 0. The fraction of sp³-hybridized carbons (Fsp3) is 0.455. The topological polar surface area (TPSA) is 20.2 Å². The molecule has 13 heavy (non-hydrogen) atoms. The van der Waals surface area contributed by atoms with E-state index in [1.54, 1.807) is 0 Å². The molecule has 1 aliphatic carbocycles. The fourth-order valence-corrected chi connectivity index (χ4v) is 2.42. The van der Waals surface area contributed by atoms with Crippen LogP contribution in [0.3, 0.4) is 0 Å². The number of fused-ring (bicyclic) bond motifs is 1. The van der Waals surface area contributed by atoms with Crippen LogP contribution in [-0.2, 0) is 12.8 Å². The van der Waals surface area contributed by atoms with E-state index >= 15 is 0 Å². The Morgan fingerprint density at radius 3 is 2.77 bits per heavy atom. The Labute approximate surface area is 86.9 Å². The lowest BCUT2D eigenvalue weighted by Gasteiger charge is -2.19. The largest absolute Gasteiger partial charge is 0.507 e. The van der Waals surface area contributed by atoms with E-state index in [-0.39, 0.29) is 0 Å². The lowest BCUT2D eigenvalue weighted by Crippen LogP contribution is -2.05. The number of aryl methyl sites for hydroxylation is 1. The van der Waals surface area contributed by atoms with E-state index in [2.05, 4.69) is 22.9 Å². The van der Waals surface area contributed by atoms with Gasteiger partial charge < -0.3 is 5.11 Å². The lowest BCUT2D eigenvalue weighted by atomic mass is 9.88. The molecule has 1 aromatic carbocycles. The van der Waals surface area contributed by atoms with Gasteiger partial charge in [-0.1, -0.05) is 0 Å². The van der Waals surface area contributed by atoms with Crippen molar-refractivity contribution in [3.05, 3.63) is 27.2 Å². The zero-order valence-electron chi connectivity index (χ0n) is 7.73. The molecule has 0 heterocycles. The molecule has 0 aromatic heterocycles. The van der Waals surface area contributed by atoms with Gasteiger partial charge in [0.25, 0.3) is 0 Å². The highest BCUT2D eigenvalue weighted by Gasteiger charge is 2.15. The molecule has 0 saturated heterocycles. The number of aromatic hydroxyl groups is 1. The summed E-state index contributed by atoms with van der Waals surface area (Å²) in [5, 5.41) is 9.61. The first-order chi connectivity index (χ1) is 6.20. The molecule has 1 N–H and O–H groups in total. The second kappa shape index (κ2) is 3.33. The van der Waals surface area contributed by atoms with Crippen LogP contribution in [0.4, 0.5) is 0 Å². The molecule has 2 rings (SSSR count). The van der Waals surface area contributed by atoms with Crippen LogP contribution in [0.15, 0.2) is 10.5 Å². The SMILES string of the molecule is Cc1c(Br)c(O)cc2c1CCCC2. The highest BCUT2D eigenvalue weighted by Crippen LogP contribution is 2.35. The standard InChI is InChI=1S/C11H13BrO/c1-7-9-5-3-2-4-8(9)6-10(13)11(7)12/h6,13H,2-5H2,1H3. The molecule has 1 aliphatic rings. The zero-order chi connectivity index (χ0) is 9.42. The van der Waals surface area contributed by atoms with Gasteiger partial charge in [0.15, 0.2) is 0 Å². The minimum Gasteiger partial charge on any atom is -0.507 e. The van der Waals surface area contributed by atoms with Gasteiger partial charge in [0.2, 0.25) is 0 Å². The van der Waals surface area contributed by atoms with E-state index in [9.17, 15) is 5.11 Å². The van der Waals surface area contributed by atoms with Gasteiger partial charge in [0, 0.05) is 0 Å². The molecule has 1 nitrogen and oxygen atoms in total. The molecule has 2 heteroatoms. The zero-order valence-corrected chi connectivity index (χ0v) is 9.32. The third-order valence-corrected chi connectivity index (χ3v) is 3.83. The van der Waals surface area contributed by atoms with Gasteiger partial charge in [-0.15, -0.1) is 0 Å². The van der Waals surface area contributed by atoms with Crippen molar-refractivity contribution >= 4 is 15.9 Å². The molecule has 70 valence electrons. The number of phenolic OH excluding ortho intramolecular Hbond substituents is 1. The first kappa shape index (κ1) is 9.07. The average Bonchev–Trinajstić information content (AvgIpc) is 2.15. The van der Waals surface area contributed by atoms with Crippen molar-refractivity contribution in [2.45, 2.75) is 32.6 Å². The first-order valence-electron chi connectivity index (χ1n) is 4.70. The van der Waals surface area contributed by atoms with E-state index in [4.69, 9.17) is 0 Å². The Bertz CT molecular complexity index is 344.